The number of hydrogen-bond acceptors (Lipinski definition) is 3. The largest absolute Gasteiger partial charge is 0.465 e. The van der Waals surface area contributed by atoms with E-state index in [9.17, 15) is 4.79 Å². The Labute approximate surface area is 116 Å². The molecule has 0 N–H and O–H groups in total. The molecule has 1 fully saturated rings. The highest BCUT2D eigenvalue weighted by atomic mass is 79.9. The molecular weight excluding hydrogens is 294 g/mol. The van der Waals surface area contributed by atoms with Gasteiger partial charge in [-0.05, 0) is 31.4 Å². The average Bonchev–Trinajstić information content (AvgIpc) is 2.90. The second-order valence-electron chi connectivity index (χ2n) is 4.70. The number of carbonyl (C=O) groups is 1. The molecule has 1 aromatic heterocycles. The van der Waals surface area contributed by atoms with E-state index in [2.05, 4.69) is 20.9 Å². The highest BCUT2D eigenvalue weighted by Gasteiger charge is 2.45. The van der Waals surface area contributed by atoms with Gasteiger partial charge in [-0.3, -0.25) is 9.78 Å². The Morgan fingerprint density at radius 1 is 1.44 bits per heavy atom. The molecule has 2 rings (SSSR count). The van der Waals surface area contributed by atoms with Crippen LogP contribution in [0, 0.1) is 0 Å². The first kappa shape index (κ1) is 13.5. The number of carbonyl (C=O) groups excluding carboxylic acids is 1. The minimum absolute atomic E-state index is 0.110. The van der Waals surface area contributed by atoms with Crippen LogP contribution in [0.3, 0.4) is 0 Å². The van der Waals surface area contributed by atoms with Crippen LogP contribution < -0.4 is 0 Å². The van der Waals surface area contributed by atoms with Crippen LogP contribution in [0.5, 0.6) is 0 Å². The van der Waals surface area contributed by atoms with Crippen molar-refractivity contribution in [3.05, 3.63) is 29.6 Å². The number of nitrogens with zero attached hydrogens (tertiary/aromatic N) is 1. The van der Waals surface area contributed by atoms with E-state index in [1.54, 1.807) is 0 Å². The van der Waals surface area contributed by atoms with Crippen LogP contribution in [0.25, 0.3) is 0 Å². The van der Waals surface area contributed by atoms with Crippen LogP contribution in [0.2, 0.25) is 0 Å². The highest BCUT2D eigenvalue weighted by Crippen LogP contribution is 2.41. The minimum Gasteiger partial charge on any atom is -0.465 e. The van der Waals surface area contributed by atoms with E-state index >= 15 is 0 Å². The molecular formula is C14H18BrNO2. The molecule has 0 bridgehead atoms. The van der Waals surface area contributed by atoms with Crippen molar-refractivity contribution < 1.29 is 9.53 Å². The minimum atomic E-state index is -0.499. The molecule has 1 aliphatic carbocycles. The first-order valence-corrected chi connectivity index (χ1v) is 7.53. The van der Waals surface area contributed by atoms with Crippen LogP contribution in [0.4, 0.5) is 0 Å². The quantitative estimate of drug-likeness (QED) is 0.632. The SMILES string of the molecule is CCOC(=O)C1(c2ccc(CBr)cn2)CCCC1. The lowest BCUT2D eigenvalue weighted by Gasteiger charge is -2.25. The third-order valence-corrected chi connectivity index (χ3v) is 4.24. The molecule has 0 aromatic carbocycles. The Morgan fingerprint density at radius 3 is 2.67 bits per heavy atom. The van der Waals surface area contributed by atoms with Crippen LogP contribution in [0.15, 0.2) is 18.3 Å². The Kier molecular flexibility index (Phi) is 4.38. The lowest BCUT2D eigenvalue weighted by Crippen LogP contribution is -2.35. The Bertz CT molecular complexity index is 410. The van der Waals surface area contributed by atoms with Gasteiger partial charge in [0.25, 0.3) is 0 Å². The van der Waals surface area contributed by atoms with E-state index in [0.717, 1.165) is 42.3 Å². The van der Waals surface area contributed by atoms with Crippen LogP contribution in [-0.4, -0.2) is 17.6 Å². The van der Waals surface area contributed by atoms with Gasteiger partial charge in [-0.25, -0.2) is 0 Å². The van der Waals surface area contributed by atoms with Crippen molar-refractivity contribution in [3.63, 3.8) is 0 Å². The summed E-state index contributed by atoms with van der Waals surface area (Å²) in [5.41, 5.74) is 1.49. The number of aromatic nitrogens is 1. The highest BCUT2D eigenvalue weighted by molar-refractivity contribution is 9.08. The summed E-state index contributed by atoms with van der Waals surface area (Å²) in [4.78, 5) is 16.7. The van der Waals surface area contributed by atoms with E-state index in [4.69, 9.17) is 4.74 Å². The summed E-state index contributed by atoms with van der Waals surface area (Å²) in [6.45, 7) is 2.28. The molecule has 1 saturated carbocycles. The lowest BCUT2D eigenvalue weighted by atomic mass is 9.82. The van der Waals surface area contributed by atoms with Gasteiger partial charge in [0.15, 0.2) is 0 Å². The molecule has 18 heavy (non-hydrogen) atoms. The molecule has 0 atom stereocenters. The zero-order valence-electron chi connectivity index (χ0n) is 10.6. The number of esters is 1. The van der Waals surface area contributed by atoms with E-state index in [1.165, 1.54) is 0 Å². The molecule has 3 nitrogen and oxygen atoms in total. The molecule has 0 spiro atoms. The summed E-state index contributed by atoms with van der Waals surface area (Å²) in [5.74, 6) is -0.110. The van der Waals surface area contributed by atoms with Gasteiger partial charge in [0, 0.05) is 11.5 Å². The average molecular weight is 312 g/mol. The maximum absolute atomic E-state index is 12.3. The Balaban J connectivity index is 2.31. The van der Waals surface area contributed by atoms with Crippen molar-refractivity contribution in [1.82, 2.24) is 4.98 Å². The van der Waals surface area contributed by atoms with Crippen molar-refractivity contribution in [2.24, 2.45) is 0 Å². The van der Waals surface area contributed by atoms with Gasteiger partial charge in [-0.2, -0.15) is 0 Å². The smallest absolute Gasteiger partial charge is 0.318 e. The molecule has 1 aromatic rings. The molecule has 0 saturated heterocycles. The summed E-state index contributed by atoms with van der Waals surface area (Å²) in [6.07, 6.45) is 5.68. The van der Waals surface area contributed by atoms with Crippen molar-refractivity contribution in [2.45, 2.75) is 43.4 Å². The standard InChI is InChI=1S/C14H18BrNO2/c1-2-18-13(17)14(7-3-4-8-14)12-6-5-11(9-15)10-16-12/h5-6,10H,2-4,7-9H2,1H3. The number of rotatable bonds is 4. The van der Waals surface area contributed by atoms with Crippen molar-refractivity contribution >= 4 is 21.9 Å². The Morgan fingerprint density at radius 2 is 2.17 bits per heavy atom. The third kappa shape index (κ3) is 2.44. The topological polar surface area (TPSA) is 39.2 Å². The van der Waals surface area contributed by atoms with Gasteiger partial charge in [0.1, 0.15) is 5.41 Å². The van der Waals surface area contributed by atoms with E-state index in [-0.39, 0.29) is 5.97 Å². The van der Waals surface area contributed by atoms with Gasteiger partial charge in [-0.15, -0.1) is 0 Å². The fourth-order valence-electron chi connectivity index (χ4n) is 2.60. The van der Waals surface area contributed by atoms with Crippen LogP contribution in [0.1, 0.15) is 43.9 Å². The van der Waals surface area contributed by atoms with Crippen molar-refractivity contribution in [3.8, 4) is 0 Å². The lowest BCUT2D eigenvalue weighted by molar-refractivity contribution is -0.150. The Hall–Kier alpha value is -0.900. The van der Waals surface area contributed by atoms with Gasteiger partial charge in [0.2, 0.25) is 0 Å². The number of pyridine rings is 1. The molecule has 0 unspecified atom stereocenters. The number of halogens is 1. The molecule has 0 aliphatic heterocycles. The zero-order valence-corrected chi connectivity index (χ0v) is 12.2. The van der Waals surface area contributed by atoms with Gasteiger partial charge >= 0.3 is 5.97 Å². The normalized spacial score (nSPS) is 17.7. The first-order valence-electron chi connectivity index (χ1n) is 6.41. The number of ether oxygens (including phenoxy) is 1. The summed E-state index contributed by atoms with van der Waals surface area (Å²) < 4.78 is 5.25. The maximum atomic E-state index is 12.3. The fraction of sp³-hybridized carbons (Fsp3) is 0.571. The number of alkyl halides is 1. The second kappa shape index (κ2) is 5.83. The van der Waals surface area contributed by atoms with E-state index < -0.39 is 5.41 Å². The number of hydrogen-bond donors (Lipinski definition) is 0. The van der Waals surface area contributed by atoms with Gasteiger partial charge in [0.05, 0.1) is 12.3 Å². The molecule has 1 aliphatic rings. The maximum Gasteiger partial charge on any atom is 0.318 e. The fourth-order valence-corrected chi connectivity index (χ4v) is 2.93. The van der Waals surface area contributed by atoms with E-state index in [0.29, 0.717) is 6.61 Å². The monoisotopic (exact) mass is 311 g/mol. The summed E-state index contributed by atoms with van der Waals surface area (Å²) in [7, 11) is 0. The van der Waals surface area contributed by atoms with Gasteiger partial charge < -0.3 is 4.74 Å². The summed E-state index contributed by atoms with van der Waals surface area (Å²) >= 11 is 3.40. The van der Waals surface area contributed by atoms with Gasteiger partial charge in [-0.1, -0.05) is 34.8 Å². The van der Waals surface area contributed by atoms with Crippen LogP contribution >= 0.6 is 15.9 Å². The molecule has 0 amide bonds. The predicted octanol–water partition coefficient (Wildman–Crippen LogP) is 3.35. The zero-order chi connectivity index (χ0) is 13.0. The predicted molar refractivity (Wildman–Crippen MR) is 73.6 cm³/mol. The van der Waals surface area contributed by atoms with Crippen LogP contribution in [-0.2, 0) is 20.3 Å². The van der Waals surface area contributed by atoms with Crippen molar-refractivity contribution in [2.75, 3.05) is 6.61 Å². The third-order valence-electron chi connectivity index (χ3n) is 3.59. The van der Waals surface area contributed by atoms with E-state index in [1.807, 2.05) is 25.3 Å². The molecule has 98 valence electrons. The molecule has 4 heteroatoms. The molecule has 0 radical (unpaired) electrons. The first-order chi connectivity index (χ1) is 8.73. The second-order valence-corrected chi connectivity index (χ2v) is 5.26. The van der Waals surface area contributed by atoms with Crippen molar-refractivity contribution in [1.29, 1.82) is 0 Å². The summed E-state index contributed by atoms with van der Waals surface area (Å²) in [6, 6.07) is 4.00. The molecule has 1 heterocycles. The summed E-state index contributed by atoms with van der Waals surface area (Å²) in [5, 5.41) is 0.784.